The Morgan fingerprint density at radius 1 is 1.05 bits per heavy atom. The number of likely N-dealkylation sites (N-methyl/N-ethyl adjacent to an activating group) is 1. The molecule has 1 fully saturated rings. The SMILES string of the molecule is CN(C(=O)c1cc(C(F)(F)F)cc(C(F)(F)F)c1)C(C=CC(=O)OC1CC(=O)NC1=O)Cc1c[nH]c2ccccc12. The number of aromatic amines is 1. The molecule has 216 valence electrons. The molecule has 1 aliphatic rings. The first-order valence-electron chi connectivity index (χ1n) is 12.0. The van der Waals surface area contributed by atoms with Crippen LogP contribution in [0.2, 0.25) is 0 Å². The molecule has 1 saturated heterocycles. The number of aromatic nitrogens is 1. The minimum atomic E-state index is -5.16. The maximum Gasteiger partial charge on any atom is 0.416 e. The third-order valence-corrected chi connectivity index (χ3v) is 6.40. The summed E-state index contributed by atoms with van der Waals surface area (Å²) in [7, 11) is 1.16. The topological polar surface area (TPSA) is 109 Å². The van der Waals surface area contributed by atoms with Crippen LogP contribution >= 0.6 is 0 Å². The maximum atomic E-state index is 13.4. The maximum absolute atomic E-state index is 13.4. The van der Waals surface area contributed by atoms with E-state index in [1.807, 2.05) is 5.32 Å². The largest absolute Gasteiger partial charge is 0.449 e. The Balaban J connectivity index is 1.67. The van der Waals surface area contributed by atoms with Gasteiger partial charge in [0.15, 0.2) is 6.10 Å². The Bertz CT molecular complexity index is 1510. The van der Waals surface area contributed by atoms with Crippen molar-refractivity contribution in [1.29, 1.82) is 0 Å². The number of alkyl halides is 6. The monoisotopic (exact) mass is 581 g/mol. The Labute approximate surface area is 227 Å². The second kappa shape index (κ2) is 11.1. The molecule has 3 aromatic rings. The predicted octanol–water partition coefficient (Wildman–Crippen LogP) is 4.40. The van der Waals surface area contributed by atoms with Gasteiger partial charge >= 0.3 is 18.3 Å². The third-order valence-electron chi connectivity index (χ3n) is 6.40. The molecule has 0 bridgehead atoms. The Hall–Kier alpha value is -4.62. The summed E-state index contributed by atoms with van der Waals surface area (Å²) in [5, 5.41) is 2.70. The molecule has 0 radical (unpaired) electrons. The van der Waals surface area contributed by atoms with Crippen molar-refractivity contribution in [1.82, 2.24) is 15.2 Å². The summed E-state index contributed by atoms with van der Waals surface area (Å²) in [6.07, 6.45) is -8.41. The zero-order valence-electron chi connectivity index (χ0n) is 21.1. The molecule has 2 atom stereocenters. The number of para-hydroxylation sites is 1. The standard InChI is InChI=1S/C27H21F6N3O5/c1-36(25(40)14-8-16(26(28,29)30)11-17(9-14)27(31,32)33)18(10-15-13-34-20-5-3-2-4-19(15)20)6-7-23(38)41-21-12-22(37)35-24(21)39/h2-9,11,13,18,21,34H,10,12H2,1H3,(H,35,37,39). The Kier molecular flexibility index (Phi) is 7.95. The number of imide groups is 1. The number of ether oxygens (including phenoxy) is 1. The van der Waals surface area contributed by atoms with Crippen LogP contribution in [0.15, 0.2) is 60.8 Å². The molecule has 4 rings (SSSR count). The van der Waals surface area contributed by atoms with Crippen LogP contribution in [0.5, 0.6) is 0 Å². The number of nitrogens with zero attached hydrogens (tertiary/aromatic N) is 1. The lowest BCUT2D eigenvalue weighted by molar-refractivity contribution is -0.149. The summed E-state index contributed by atoms with van der Waals surface area (Å²) in [5.41, 5.74) is -2.82. The van der Waals surface area contributed by atoms with Gasteiger partial charge < -0.3 is 14.6 Å². The molecule has 0 aliphatic carbocycles. The van der Waals surface area contributed by atoms with Crippen molar-refractivity contribution < 1.29 is 50.3 Å². The van der Waals surface area contributed by atoms with Gasteiger partial charge in [0.1, 0.15) is 0 Å². The molecule has 3 amide bonds. The molecule has 1 aromatic heterocycles. The highest BCUT2D eigenvalue weighted by molar-refractivity contribution is 6.06. The van der Waals surface area contributed by atoms with Crippen molar-refractivity contribution in [2.75, 3.05) is 7.05 Å². The molecule has 8 nitrogen and oxygen atoms in total. The lowest BCUT2D eigenvalue weighted by Crippen LogP contribution is -2.38. The summed E-state index contributed by atoms with van der Waals surface area (Å²) in [6.45, 7) is 0. The third kappa shape index (κ3) is 6.76. The van der Waals surface area contributed by atoms with E-state index in [-0.39, 0.29) is 18.9 Å². The van der Waals surface area contributed by atoms with Crippen LogP contribution in [0.25, 0.3) is 10.9 Å². The molecule has 2 aromatic carbocycles. The van der Waals surface area contributed by atoms with Crippen molar-refractivity contribution in [3.8, 4) is 0 Å². The normalized spacial score (nSPS) is 16.7. The average Bonchev–Trinajstić information content (AvgIpc) is 3.45. The van der Waals surface area contributed by atoms with Crippen molar-refractivity contribution in [3.05, 3.63) is 83.1 Å². The first kappa shape index (κ1) is 29.4. The zero-order valence-corrected chi connectivity index (χ0v) is 21.1. The molecule has 2 unspecified atom stereocenters. The molecular formula is C27H21F6N3O5. The minimum Gasteiger partial charge on any atom is -0.449 e. The van der Waals surface area contributed by atoms with Crippen LogP contribution in [0.3, 0.4) is 0 Å². The summed E-state index contributed by atoms with van der Waals surface area (Å²) in [4.78, 5) is 52.6. The molecule has 0 spiro atoms. The van der Waals surface area contributed by atoms with E-state index in [1.54, 1.807) is 30.5 Å². The van der Waals surface area contributed by atoms with E-state index in [4.69, 9.17) is 4.74 Å². The van der Waals surface area contributed by atoms with E-state index in [0.717, 1.165) is 28.9 Å². The van der Waals surface area contributed by atoms with Crippen LogP contribution < -0.4 is 5.32 Å². The number of carbonyl (C=O) groups excluding carboxylic acids is 4. The average molecular weight is 581 g/mol. The number of nitrogens with one attached hydrogen (secondary N) is 2. The first-order chi connectivity index (χ1) is 19.1. The number of hydrogen-bond acceptors (Lipinski definition) is 5. The second-order valence-electron chi connectivity index (χ2n) is 9.24. The number of esters is 1. The number of fused-ring (bicyclic) bond motifs is 1. The molecule has 14 heteroatoms. The van der Waals surface area contributed by atoms with Gasteiger partial charge in [-0.15, -0.1) is 0 Å². The van der Waals surface area contributed by atoms with Crippen LogP contribution in [0.4, 0.5) is 26.3 Å². The van der Waals surface area contributed by atoms with Gasteiger partial charge in [0.2, 0.25) is 5.91 Å². The number of hydrogen-bond donors (Lipinski definition) is 2. The van der Waals surface area contributed by atoms with Crippen LogP contribution in [-0.4, -0.2) is 52.8 Å². The van der Waals surface area contributed by atoms with Gasteiger partial charge in [-0.25, -0.2) is 4.79 Å². The zero-order chi connectivity index (χ0) is 30.1. The predicted molar refractivity (Wildman–Crippen MR) is 131 cm³/mol. The fourth-order valence-corrected chi connectivity index (χ4v) is 4.29. The molecule has 1 aliphatic heterocycles. The number of H-pyrrole nitrogens is 1. The number of halogens is 6. The summed E-state index contributed by atoms with van der Waals surface area (Å²) in [6, 6.07) is 6.53. The number of carbonyl (C=O) groups is 4. The van der Waals surface area contributed by atoms with Crippen molar-refractivity contribution in [3.63, 3.8) is 0 Å². The fraction of sp³-hybridized carbons (Fsp3) is 0.259. The summed E-state index contributed by atoms with van der Waals surface area (Å²) < 4.78 is 85.2. The van der Waals surface area contributed by atoms with Gasteiger partial charge in [0.05, 0.1) is 23.6 Å². The Morgan fingerprint density at radius 2 is 1.68 bits per heavy atom. The Morgan fingerprint density at radius 3 is 2.27 bits per heavy atom. The van der Waals surface area contributed by atoms with Crippen LogP contribution in [0.1, 0.15) is 33.5 Å². The molecule has 0 saturated carbocycles. The number of amides is 3. The highest BCUT2D eigenvalue weighted by Gasteiger charge is 2.38. The van der Waals surface area contributed by atoms with Gasteiger partial charge in [-0.1, -0.05) is 24.3 Å². The molecule has 2 N–H and O–H groups in total. The van der Waals surface area contributed by atoms with Crippen LogP contribution in [-0.2, 0) is 37.9 Å². The van der Waals surface area contributed by atoms with Crippen molar-refractivity contribution in [2.45, 2.75) is 37.3 Å². The van der Waals surface area contributed by atoms with E-state index in [9.17, 15) is 45.5 Å². The van der Waals surface area contributed by atoms with E-state index in [2.05, 4.69) is 4.98 Å². The van der Waals surface area contributed by atoms with Gasteiger partial charge in [0, 0.05) is 35.8 Å². The smallest absolute Gasteiger partial charge is 0.416 e. The first-order valence-corrected chi connectivity index (χ1v) is 12.0. The van der Waals surface area contributed by atoms with Crippen molar-refractivity contribution in [2.24, 2.45) is 0 Å². The van der Waals surface area contributed by atoms with E-state index < -0.39 is 64.9 Å². The van der Waals surface area contributed by atoms with Crippen molar-refractivity contribution >= 4 is 34.6 Å². The molecule has 41 heavy (non-hydrogen) atoms. The van der Waals surface area contributed by atoms with Gasteiger partial charge in [-0.3, -0.25) is 19.7 Å². The minimum absolute atomic E-state index is 0.0104. The molecule has 2 heterocycles. The van der Waals surface area contributed by atoms with E-state index in [0.29, 0.717) is 17.7 Å². The van der Waals surface area contributed by atoms with E-state index in [1.165, 1.54) is 6.08 Å². The fourth-order valence-electron chi connectivity index (χ4n) is 4.29. The van der Waals surface area contributed by atoms with Gasteiger partial charge in [-0.2, -0.15) is 26.3 Å². The quantitative estimate of drug-likeness (QED) is 0.186. The lowest BCUT2D eigenvalue weighted by atomic mass is 10.0. The highest BCUT2D eigenvalue weighted by Crippen LogP contribution is 2.36. The van der Waals surface area contributed by atoms with E-state index >= 15 is 0 Å². The molecular weight excluding hydrogens is 560 g/mol. The summed E-state index contributed by atoms with van der Waals surface area (Å²) >= 11 is 0. The number of benzene rings is 2. The van der Waals surface area contributed by atoms with Gasteiger partial charge in [0.25, 0.3) is 11.8 Å². The second-order valence-corrected chi connectivity index (χ2v) is 9.24. The lowest BCUT2D eigenvalue weighted by Gasteiger charge is -2.26. The van der Waals surface area contributed by atoms with Crippen LogP contribution in [0, 0.1) is 0 Å². The summed E-state index contributed by atoms with van der Waals surface area (Å²) in [5.74, 6) is -3.68. The van der Waals surface area contributed by atoms with Gasteiger partial charge in [-0.05, 0) is 36.2 Å². The number of rotatable bonds is 7. The highest BCUT2D eigenvalue weighted by atomic mass is 19.4.